The Morgan fingerprint density at radius 1 is 0.941 bits per heavy atom. The van der Waals surface area contributed by atoms with Gasteiger partial charge in [-0.15, -0.1) is 6.42 Å². The van der Waals surface area contributed by atoms with Gasteiger partial charge in [-0.05, 0) is 35.4 Å². The van der Waals surface area contributed by atoms with E-state index in [1.54, 1.807) is 0 Å². The molecule has 2 heteroatoms. The van der Waals surface area contributed by atoms with Crippen molar-refractivity contribution in [3.8, 4) is 29.2 Å². The Balaban J connectivity index is 2.18. The van der Waals surface area contributed by atoms with E-state index in [1.807, 2.05) is 36.4 Å². The van der Waals surface area contributed by atoms with Crippen molar-refractivity contribution in [3.05, 3.63) is 53.0 Å². The van der Waals surface area contributed by atoms with Gasteiger partial charge in [0, 0.05) is 4.47 Å². The van der Waals surface area contributed by atoms with E-state index in [1.165, 1.54) is 5.56 Å². The SMILES string of the molecule is C#CCOc1ccc(-c2ccc(Br)cc2)cc1. The number of terminal acetylenes is 1. The molecule has 0 saturated carbocycles. The number of rotatable bonds is 3. The predicted octanol–water partition coefficient (Wildman–Crippen LogP) is 4.13. The summed E-state index contributed by atoms with van der Waals surface area (Å²) in [4.78, 5) is 0. The van der Waals surface area contributed by atoms with Crippen molar-refractivity contribution in [3.63, 3.8) is 0 Å². The molecule has 0 aliphatic rings. The number of halogens is 1. The van der Waals surface area contributed by atoms with E-state index in [0.717, 1.165) is 15.8 Å². The minimum atomic E-state index is 0.303. The van der Waals surface area contributed by atoms with Crippen molar-refractivity contribution in [2.24, 2.45) is 0 Å². The van der Waals surface area contributed by atoms with E-state index in [2.05, 4.69) is 34.0 Å². The Morgan fingerprint density at radius 2 is 1.47 bits per heavy atom. The monoisotopic (exact) mass is 286 g/mol. The van der Waals surface area contributed by atoms with Crippen LogP contribution >= 0.6 is 15.9 Å². The Hall–Kier alpha value is -1.72. The lowest BCUT2D eigenvalue weighted by Crippen LogP contribution is -1.92. The predicted molar refractivity (Wildman–Crippen MR) is 73.9 cm³/mol. The quantitative estimate of drug-likeness (QED) is 0.771. The van der Waals surface area contributed by atoms with E-state index in [4.69, 9.17) is 11.2 Å². The van der Waals surface area contributed by atoms with Crippen molar-refractivity contribution >= 4 is 15.9 Å². The molecule has 2 rings (SSSR count). The van der Waals surface area contributed by atoms with Crippen LogP contribution in [0.2, 0.25) is 0 Å². The summed E-state index contributed by atoms with van der Waals surface area (Å²) >= 11 is 3.42. The third-order valence-electron chi connectivity index (χ3n) is 2.35. The van der Waals surface area contributed by atoms with Gasteiger partial charge in [-0.25, -0.2) is 0 Å². The zero-order valence-corrected chi connectivity index (χ0v) is 10.8. The first-order chi connectivity index (χ1) is 8.29. The molecule has 0 aliphatic heterocycles. The molecule has 0 aliphatic carbocycles. The fraction of sp³-hybridized carbons (Fsp3) is 0.0667. The lowest BCUT2D eigenvalue weighted by atomic mass is 10.1. The van der Waals surface area contributed by atoms with Crippen LogP contribution in [0.15, 0.2) is 53.0 Å². The summed E-state index contributed by atoms with van der Waals surface area (Å²) in [6.07, 6.45) is 5.13. The third-order valence-corrected chi connectivity index (χ3v) is 2.88. The Labute approximate surface area is 110 Å². The number of hydrogen-bond donors (Lipinski definition) is 0. The lowest BCUT2D eigenvalue weighted by molar-refractivity contribution is 0.370. The van der Waals surface area contributed by atoms with Crippen LogP contribution in [0.25, 0.3) is 11.1 Å². The van der Waals surface area contributed by atoms with Crippen molar-refractivity contribution < 1.29 is 4.74 Å². The molecule has 84 valence electrons. The molecule has 0 heterocycles. The van der Waals surface area contributed by atoms with Crippen LogP contribution in [0.5, 0.6) is 5.75 Å². The summed E-state index contributed by atoms with van der Waals surface area (Å²) in [7, 11) is 0. The van der Waals surface area contributed by atoms with Crippen LogP contribution in [-0.2, 0) is 0 Å². The van der Waals surface area contributed by atoms with Crippen LogP contribution in [0, 0.1) is 12.3 Å². The third kappa shape index (κ3) is 3.12. The molecule has 0 amide bonds. The number of ether oxygens (including phenoxy) is 1. The Bertz CT molecular complexity index is 520. The molecule has 0 radical (unpaired) electrons. The molecule has 2 aromatic carbocycles. The summed E-state index contributed by atoms with van der Waals surface area (Å²) in [6.45, 7) is 0.303. The molecule has 0 N–H and O–H groups in total. The van der Waals surface area contributed by atoms with Gasteiger partial charge in [-0.1, -0.05) is 46.1 Å². The molecule has 1 nitrogen and oxygen atoms in total. The van der Waals surface area contributed by atoms with E-state index >= 15 is 0 Å². The first-order valence-electron chi connectivity index (χ1n) is 5.22. The average molecular weight is 287 g/mol. The molecule has 0 spiro atoms. The first-order valence-corrected chi connectivity index (χ1v) is 6.01. The second-order valence-electron chi connectivity index (χ2n) is 3.52. The second kappa shape index (κ2) is 5.56. The van der Waals surface area contributed by atoms with Crippen molar-refractivity contribution in [2.75, 3.05) is 6.61 Å². The minimum absolute atomic E-state index is 0.303. The summed E-state index contributed by atoms with van der Waals surface area (Å²) in [5.74, 6) is 3.24. The van der Waals surface area contributed by atoms with Gasteiger partial charge in [0.05, 0.1) is 0 Å². The van der Waals surface area contributed by atoms with Gasteiger partial charge in [0.15, 0.2) is 0 Å². The van der Waals surface area contributed by atoms with E-state index in [-0.39, 0.29) is 0 Å². The maximum Gasteiger partial charge on any atom is 0.148 e. The van der Waals surface area contributed by atoms with Crippen molar-refractivity contribution in [1.29, 1.82) is 0 Å². The van der Waals surface area contributed by atoms with Crippen LogP contribution in [0.1, 0.15) is 0 Å². The molecule has 0 fully saturated rings. The van der Waals surface area contributed by atoms with Gasteiger partial charge in [-0.3, -0.25) is 0 Å². The van der Waals surface area contributed by atoms with E-state index in [0.29, 0.717) is 6.61 Å². The summed E-state index contributed by atoms with van der Waals surface area (Å²) in [5, 5.41) is 0. The topological polar surface area (TPSA) is 9.23 Å². The van der Waals surface area contributed by atoms with Crippen LogP contribution < -0.4 is 4.74 Å². The highest BCUT2D eigenvalue weighted by atomic mass is 79.9. The average Bonchev–Trinajstić information content (AvgIpc) is 2.38. The summed E-state index contributed by atoms with van der Waals surface area (Å²) in [5.41, 5.74) is 2.34. The van der Waals surface area contributed by atoms with Gasteiger partial charge in [-0.2, -0.15) is 0 Å². The smallest absolute Gasteiger partial charge is 0.148 e. The van der Waals surface area contributed by atoms with E-state index < -0.39 is 0 Å². The van der Waals surface area contributed by atoms with Gasteiger partial charge >= 0.3 is 0 Å². The minimum Gasteiger partial charge on any atom is -0.481 e. The maximum atomic E-state index is 5.32. The maximum absolute atomic E-state index is 5.32. The van der Waals surface area contributed by atoms with Gasteiger partial charge in [0.2, 0.25) is 0 Å². The van der Waals surface area contributed by atoms with Gasteiger partial charge in [0.25, 0.3) is 0 Å². The fourth-order valence-electron chi connectivity index (χ4n) is 1.51. The molecule has 0 bridgehead atoms. The van der Waals surface area contributed by atoms with E-state index in [9.17, 15) is 0 Å². The lowest BCUT2D eigenvalue weighted by Gasteiger charge is -2.05. The summed E-state index contributed by atoms with van der Waals surface area (Å²) in [6, 6.07) is 16.1. The zero-order chi connectivity index (χ0) is 12.1. The number of benzene rings is 2. The Kier molecular flexibility index (Phi) is 3.85. The molecule has 0 unspecified atom stereocenters. The molecule has 0 aromatic heterocycles. The molecule has 0 atom stereocenters. The molecule has 2 aromatic rings. The second-order valence-corrected chi connectivity index (χ2v) is 4.44. The zero-order valence-electron chi connectivity index (χ0n) is 9.19. The normalized spacial score (nSPS) is 9.65. The van der Waals surface area contributed by atoms with Gasteiger partial charge in [0.1, 0.15) is 12.4 Å². The number of hydrogen-bond acceptors (Lipinski definition) is 1. The highest BCUT2D eigenvalue weighted by molar-refractivity contribution is 9.10. The van der Waals surface area contributed by atoms with Gasteiger partial charge < -0.3 is 4.74 Å². The van der Waals surface area contributed by atoms with Crippen LogP contribution in [-0.4, -0.2) is 6.61 Å². The fourth-order valence-corrected chi connectivity index (χ4v) is 1.78. The van der Waals surface area contributed by atoms with Crippen LogP contribution in [0.4, 0.5) is 0 Å². The first kappa shape index (κ1) is 11.8. The molecule has 17 heavy (non-hydrogen) atoms. The molecular formula is C15H11BrO. The van der Waals surface area contributed by atoms with Crippen LogP contribution in [0.3, 0.4) is 0 Å². The van der Waals surface area contributed by atoms with Crippen molar-refractivity contribution in [2.45, 2.75) is 0 Å². The highest BCUT2D eigenvalue weighted by Crippen LogP contribution is 2.23. The van der Waals surface area contributed by atoms with Crippen molar-refractivity contribution in [1.82, 2.24) is 0 Å². The standard InChI is InChI=1S/C15H11BrO/c1-2-11-17-15-9-5-13(6-10-15)12-3-7-14(16)8-4-12/h1,3-10H,11H2. The molecule has 0 saturated heterocycles. The largest absolute Gasteiger partial charge is 0.481 e. The highest BCUT2D eigenvalue weighted by Gasteiger charge is 1.98. The Morgan fingerprint density at radius 3 is 2.00 bits per heavy atom. The summed E-state index contributed by atoms with van der Waals surface area (Å²) < 4.78 is 6.40. The molecular weight excluding hydrogens is 276 g/mol.